The number of carbonyl (C=O) groups excluding carboxylic acids is 1. The van der Waals surface area contributed by atoms with Crippen molar-refractivity contribution in [2.45, 2.75) is 50.1 Å². The van der Waals surface area contributed by atoms with Crippen LogP contribution in [0, 0.1) is 0 Å². The minimum atomic E-state index is -0.852. The largest absolute Gasteiger partial charge is 0.481 e. The van der Waals surface area contributed by atoms with E-state index in [9.17, 15) is 9.59 Å². The highest BCUT2D eigenvalue weighted by atomic mass is 16.5. The highest BCUT2D eigenvalue weighted by molar-refractivity contribution is 5.83. The predicted octanol–water partition coefficient (Wildman–Crippen LogP) is 0.269. The molecule has 2 rings (SSSR count). The second-order valence-electron chi connectivity index (χ2n) is 5.48. The summed E-state index contributed by atoms with van der Waals surface area (Å²) in [6.07, 6.45) is 4.57. The molecule has 1 saturated heterocycles. The lowest BCUT2D eigenvalue weighted by molar-refractivity contribution is -0.140. The molecule has 3 N–H and O–H groups in total. The summed E-state index contributed by atoms with van der Waals surface area (Å²) in [7, 11) is 0. The van der Waals surface area contributed by atoms with Crippen molar-refractivity contribution in [1.29, 1.82) is 0 Å². The number of carboxylic acids is 1. The third-order valence-electron chi connectivity index (χ3n) is 3.93. The van der Waals surface area contributed by atoms with E-state index >= 15 is 0 Å². The number of hydrogen-bond donors (Lipinski definition) is 3. The second-order valence-corrected chi connectivity index (χ2v) is 5.48. The maximum Gasteiger partial charge on any atom is 0.305 e. The van der Waals surface area contributed by atoms with Gasteiger partial charge in [0.15, 0.2) is 0 Å². The molecule has 19 heavy (non-hydrogen) atoms. The molecule has 1 aliphatic heterocycles. The van der Waals surface area contributed by atoms with E-state index in [0.29, 0.717) is 19.8 Å². The van der Waals surface area contributed by atoms with Crippen LogP contribution in [0.5, 0.6) is 0 Å². The van der Waals surface area contributed by atoms with Crippen molar-refractivity contribution >= 4 is 11.9 Å². The van der Waals surface area contributed by atoms with Crippen molar-refractivity contribution in [3.63, 3.8) is 0 Å². The molecule has 108 valence electrons. The molecule has 1 amide bonds. The first-order valence-electron chi connectivity index (χ1n) is 6.96. The lowest BCUT2D eigenvalue weighted by Gasteiger charge is -2.38. The van der Waals surface area contributed by atoms with E-state index < -0.39 is 11.5 Å². The molecule has 1 aliphatic carbocycles. The molecule has 0 aromatic rings. The van der Waals surface area contributed by atoms with Crippen molar-refractivity contribution < 1.29 is 19.4 Å². The summed E-state index contributed by atoms with van der Waals surface area (Å²) in [6, 6.07) is -0.360. The van der Waals surface area contributed by atoms with Crippen LogP contribution >= 0.6 is 0 Å². The molecule has 1 atom stereocenters. The van der Waals surface area contributed by atoms with Gasteiger partial charge in [0.05, 0.1) is 25.2 Å². The second kappa shape index (κ2) is 6.34. The summed E-state index contributed by atoms with van der Waals surface area (Å²) in [5.41, 5.74) is -0.569. The number of hydrogen-bond acceptors (Lipinski definition) is 4. The van der Waals surface area contributed by atoms with Crippen LogP contribution < -0.4 is 10.6 Å². The van der Waals surface area contributed by atoms with Crippen LogP contribution in [0.1, 0.15) is 38.5 Å². The standard InChI is InChI=1S/C13H22N2O4/c16-11(17)8-13(4-2-1-3-5-13)15-12(18)10-9-19-7-6-14-10/h10,14H,1-9H2,(H,15,18)(H,16,17). The van der Waals surface area contributed by atoms with E-state index in [2.05, 4.69) is 10.6 Å². The van der Waals surface area contributed by atoms with Gasteiger partial charge in [-0.1, -0.05) is 19.3 Å². The number of aliphatic carboxylic acids is 1. The summed E-state index contributed by atoms with van der Waals surface area (Å²) >= 11 is 0. The van der Waals surface area contributed by atoms with Crippen molar-refractivity contribution in [1.82, 2.24) is 10.6 Å². The molecular formula is C13H22N2O4. The third kappa shape index (κ3) is 3.91. The van der Waals surface area contributed by atoms with E-state index in [-0.39, 0.29) is 18.4 Å². The summed E-state index contributed by atoms with van der Waals surface area (Å²) < 4.78 is 5.27. The van der Waals surface area contributed by atoms with Crippen LogP contribution in [-0.2, 0) is 14.3 Å². The minimum Gasteiger partial charge on any atom is -0.481 e. The number of nitrogens with one attached hydrogen (secondary N) is 2. The molecule has 0 aromatic heterocycles. The summed E-state index contributed by atoms with van der Waals surface area (Å²) in [5.74, 6) is -0.988. The monoisotopic (exact) mass is 270 g/mol. The van der Waals surface area contributed by atoms with Gasteiger partial charge in [-0.3, -0.25) is 9.59 Å². The smallest absolute Gasteiger partial charge is 0.305 e. The summed E-state index contributed by atoms with van der Waals surface area (Å²) in [6.45, 7) is 1.63. The third-order valence-corrected chi connectivity index (χ3v) is 3.93. The molecule has 2 fully saturated rings. The molecule has 6 nitrogen and oxygen atoms in total. The Hall–Kier alpha value is -1.14. The molecule has 2 aliphatic rings. The van der Waals surface area contributed by atoms with Crippen LogP contribution in [0.2, 0.25) is 0 Å². The van der Waals surface area contributed by atoms with E-state index in [4.69, 9.17) is 9.84 Å². The van der Waals surface area contributed by atoms with Gasteiger partial charge >= 0.3 is 5.97 Å². The highest BCUT2D eigenvalue weighted by Gasteiger charge is 2.37. The maximum atomic E-state index is 12.2. The molecule has 0 radical (unpaired) electrons. The quantitative estimate of drug-likeness (QED) is 0.682. The molecular weight excluding hydrogens is 248 g/mol. The molecule has 6 heteroatoms. The minimum absolute atomic E-state index is 0.00627. The van der Waals surface area contributed by atoms with Crippen molar-refractivity contribution in [2.75, 3.05) is 19.8 Å². The fourth-order valence-corrected chi connectivity index (χ4v) is 2.95. The van der Waals surface area contributed by atoms with Crippen LogP contribution in [0.3, 0.4) is 0 Å². The fourth-order valence-electron chi connectivity index (χ4n) is 2.95. The molecule has 0 bridgehead atoms. The molecule has 1 unspecified atom stereocenters. The molecule has 0 spiro atoms. The van der Waals surface area contributed by atoms with Gasteiger partial charge in [-0.15, -0.1) is 0 Å². The number of rotatable bonds is 4. The Morgan fingerprint density at radius 1 is 1.32 bits per heavy atom. The van der Waals surface area contributed by atoms with Gasteiger partial charge in [0, 0.05) is 6.54 Å². The first kappa shape index (κ1) is 14.3. The van der Waals surface area contributed by atoms with Gasteiger partial charge in [-0.25, -0.2) is 0 Å². The average Bonchev–Trinajstić information content (AvgIpc) is 2.39. The highest BCUT2D eigenvalue weighted by Crippen LogP contribution is 2.31. The number of ether oxygens (including phenoxy) is 1. The van der Waals surface area contributed by atoms with Gasteiger partial charge in [0.2, 0.25) is 5.91 Å². The van der Waals surface area contributed by atoms with Gasteiger partial charge in [-0.05, 0) is 12.8 Å². The van der Waals surface area contributed by atoms with E-state index in [0.717, 1.165) is 32.1 Å². The predicted molar refractivity (Wildman–Crippen MR) is 68.8 cm³/mol. The van der Waals surface area contributed by atoms with Gasteiger partial charge in [0.25, 0.3) is 0 Å². The zero-order chi connectivity index (χ0) is 13.7. The molecule has 0 aromatic carbocycles. The fraction of sp³-hybridized carbons (Fsp3) is 0.846. The number of carbonyl (C=O) groups is 2. The van der Waals surface area contributed by atoms with E-state index in [1.807, 2.05) is 0 Å². The van der Waals surface area contributed by atoms with Crippen LogP contribution in [0.15, 0.2) is 0 Å². The molecule has 1 saturated carbocycles. The topological polar surface area (TPSA) is 87.7 Å². The van der Waals surface area contributed by atoms with Crippen molar-refractivity contribution in [3.05, 3.63) is 0 Å². The van der Waals surface area contributed by atoms with Crippen molar-refractivity contribution in [3.8, 4) is 0 Å². The molecule has 1 heterocycles. The summed E-state index contributed by atoms with van der Waals surface area (Å²) in [4.78, 5) is 23.2. The average molecular weight is 270 g/mol. The lowest BCUT2D eigenvalue weighted by Crippen LogP contribution is -2.59. The lowest BCUT2D eigenvalue weighted by atomic mass is 9.79. The Balaban J connectivity index is 1.98. The van der Waals surface area contributed by atoms with Gasteiger partial charge in [0.1, 0.15) is 6.04 Å². The number of morpholine rings is 1. The van der Waals surface area contributed by atoms with E-state index in [1.54, 1.807) is 0 Å². The Labute approximate surface area is 112 Å². The Morgan fingerprint density at radius 2 is 2.05 bits per heavy atom. The number of carboxylic acid groups (broad SMARTS) is 1. The Bertz CT molecular complexity index is 334. The Kier molecular flexibility index (Phi) is 4.76. The van der Waals surface area contributed by atoms with Crippen LogP contribution in [0.25, 0.3) is 0 Å². The normalized spacial score (nSPS) is 26.6. The zero-order valence-electron chi connectivity index (χ0n) is 11.1. The first-order chi connectivity index (χ1) is 9.11. The van der Waals surface area contributed by atoms with Crippen molar-refractivity contribution in [2.24, 2.45) is 0 Å². The van der Waals surface area contributed by atoms with Gasteiger partial charge in [-0.2, -0.15) is 0 Å². The zero-order valence-corrected chi connectivity index (χ0v) is 11.1. The van der Waals surface area contributed by atoms with Crippen LogP contribution in [-0.4, -0.2) is 48.3 Å². The number of amides is 1. The SMILES string of the molecule is O=C(O)CC1(NC(=O)C2COCCN2)CCCCC1. The van der Waals surface area contributed by atoms with Gasteiger partial charge < -0.3 is 20.5 Å². The Morgan fingerprint density at radius 3 is 2.63 bits per heavy atom. The summed E-state index contributed by atoms with van der Waals surface area (Å²) in [5, 5.41) is 15.1. The maximum absolute atomic E-state index is 12.2. The van der Waals surface area contributed by atoms with Crippen LogP contribution in [0.4, 0.5) is 0 Å². The first-order valence-corrected chi connectivity index (χ1v) is 6.96. The van der Waals surface area contributed by atoms with E-state index in [1.165, 1.54) is 0 Å².